The van der Waals surface area contributed by atoms with Crippen LogP contribution < -0.4 is 5.32 Å². The van der Waals surface area contributed by atoms with E-state index in [2.05, 4.69) is 34.7 Å². The molecule has 2 nitrogen and oxygen atoms in total. The van der Waals surface area contributed by atoms with E-state index in [9.17, 15) is 0 Å². The average molecular weight is 250 g/mol. The van der Waals surface area contributed by atoms with Gasteiger partial charge in [-0.3, -0.25) is 4.90 Å². The second-order valence-electron chi connectivity index (χ2n) is 5.81. The summed E-state index contributed by atoms with van der Waals surface area (Å²) in [5, 5.41) is 5.88. The van der Waals surface area contributed by atoms with Gasteiger partial charge in [0.15, 0.2) is 0 Å². The molecule has 3 rings (SSSR count). The standard InChI is InChI=1S/C14H22N2S/c1-14(7-3-8-15-14)11-16(12-5-6-12)10-13-4-2-9-17-13/h2,4,9,12,15H,3,5-8,10-11H2,1H3. The average Bonchev–Trinajstić information content (AvgIpc) is 2.88. The van der Waals surface area contributed by atoms with Crippen molar-refractivity contribution >= 4 is 11.3 Å². The van der Waals surface area contributed by atoms with Crippen molar-refractivity contribution in [2.45, 2.75) is 50.7 Å². The van der Waals surface area contributed by atoms with Gasteiger partial charge in [-0.15, -0.1) is 11.3 Å². The van der Waals surface area contributed by atoms with Crippen LogP contribution >= 0.6 is 11.3 Å². The lowest BCUT2D eigenvalue weighted by Crippen LogP contribution is -2.47. The van der Waals surface area contributed by atoms with Crippen LogP contribution in [0.25, 0.3) is 0 Å². The Morgan fingerprint density at radius 3 is 3.00 bits per heavy atom. The van der Waals surface area contributed by atoms with Gasteiger partial charge in [-0.25, -0.2) is 0 Å². The van der Waals surface area contributed by atoms with E-state index in [0.717, 1.165) is 12.6 Å². The number of hydrogen-bond donors (Lipinski definition) is 1. The molecule has 2 fully saturated rings. The Kier molecular flexibility index (Phi) is 3.24. The highest BCUT2D eigenvalue weighted by Crippen LogP contribution is 2.32. The Morgan fingerprint density at radius 1 is 1.53 bits per heavy atom. The third-order valence-corrected chi connectivity index (χ3v) is 4.87. The van der Waals surface area contributed by atoms with Gasteiger partial charge in [0.25, 0.3) is 0 Å². The van der Waals surface area contributed by atoms with Crippen LogP contribution in [0.5, 0.6) is 0 Å². The molecular formula is C14H22N2S. The first-order valence-corrected chi connectivity index (χ1v) is 7.65. The fourth-order valence-electron chi connectivity index (χ4n) is 2.90. The van der Waals surface area contributed by atoms with E-state index in [1.54, 1.807) is 0 Å². The van der Waals surface area contributed by atoms with Gasteiger partial charge in [0, 0.05) is 29.5 Å². The van der Waals surface area contributed by atoms with Crippen LogP contribution in [0, 0.1) is 0 Å². The van der Waals surface area contributed by atoms with Crippen LogP contribution in [-0.2, 0) is 6.54 Å². The molecule has 0 aromatic carbocycles. The molecule has 3 heteroatoms. The van der Waals surface area contributed by atoms with Crippen molar-refractivity contribution in [3.63, 3.8) is 0 Å². The molecule has 1 saturated carbocycles. The van der Waals surface area contributed by atoms with Crippen LogP contribution in [0.15, 0.2) is 17.5 Å². The Balaban J connectivity index is 1.64. The van der Waals surface area contributed by atoms with Crippen molar-refractivity contribution < 1.29 is 0 Å². The normalized spacial score (nSPS) is 29.1. The number of hydrogen-bond acceptors (Lipinski definition) is 3. The molecule has 1 aliphatic carbocycles. The van der Waals surface area contributed by atoms with Crippen LogP contribution in [0.4, 0.5) is 0 Å². The monoisotopic (exact) mass is 250 g/mol. The molecule has 2 aliphatic rings. The summed E-state index contributed by atoms with van der Waals surface area (Å²) in [6, 6.07) is 5.29. The lowest BCUT2D eigenvalue weighted by Gasteiger charge is -2.32. The van der Waals surface area contributed by atoms with Gasteiger partial charge in [0.2, 0.25) is 0 Å². The van der Waals surface area contributed by atoms with Crippen LogP contribution in [0.1, 0.15) is 37.5 Å². The number of thiophene rings is 1. The third kappa shape index (κ3) is 2.90. The molecule has 1 aromatic rings. The molecule has 0 radical (unpaired) electrons. The van der Waals surface area contributed by atoms with Gasteiger partial charge in [-0.2, -0.15) is 0 Å². The van der Waals surface area contributed by atoms with Crippen molar-refractivity contribution in [3.8, 4) is 0 Å². The second kappa shape index (κ2) is 4.71. The Labute approximate surface area is 108 Å². The first-order chi connectivity index (χ1) is 8.25. The van der Waals surface area contributed by atoms with Gasteiger partial charge < -0.3 is 5.32 Å². The van der Waals surface area contributed by atoms with Crippen molar-refractivity contribution in [2.24, 2.45) is 0 Å². The van der Waals surface area contributed by atoms with Gasteiger partial charge >= 0.3 is 0 Å². The van der Waals surface area contributed by atoms with E-state index in [1.807, 2.05) is 11.3 Å². The van der Waals surface area contributed by atoms with Gasteiger partial charge in [0.1, 0.15) is 0 Å². The van der Waals surface area contributed by atoms with E-state index in [4.69, 9.17) is 0 Å². The first kappa shape index (κ1) is 11.7. The lowest BCUT2D eigenvalue weighted by atomic mass is 9.99. The molecule has 0 spiro atoms. The molecule has 1 aliphatic heterocycles. The van der Waals surface area contributed by atoms with Crippen molar-refractivity contribution in [1.82, 2.24) is 10.2 Å². The van der Waals surface area contributed by atoms with E-state index < -0.39 is 0 Å². The molecule has 1 unspecified atom stereocenters. The lowest BCUT2D eigenvalue weighted by molar-refractivity contribution is 0.189. The van der Waals surface area contributed by atoms with Gasteiger partial charge in [-0.05, 0) is 50.6 Å². The highest BCUT2D eigenvalue weighted by atomic mass is 32.1. The number of nitrogens with zero attached hydrogens (tertiary/aromatic N) is 1. The highest BCUT2D eigenvalue weighted by molar-refractivity contribution is 7.09. The Hall–Kier alpha value is -0.380. The topological polar surface area (TPSA) is 15.3 Å². The summed E-state index contributed by atoms with van der Waals surface area (Å²) in [7, 11) is 0. The van der Waals surface area contributed by atoms with Crippen LogP contribution in [0.2, 0.25) is 0 Å². The minimum atomic E-state index is 0.361. The van der Waals surface area contributed by atoms with Crippen molar-refractivity contribution in [3.05, 3.63) is 22.4 Å². The van der Waals surface area contributed by atoms with Crippen molar-refractivity contribution in [2.75, 3.05) is 13.1 Å². The Bertz CT molecular complexity index is 350. The molecular weight excluding hydrogens is 228 g/mol. The van der Waals surface area contributed by atoms with Crippen LogP contribution in [-0.4, -0.2) is 29.6 Å². The highest BCUT2D eigenvalue weighted by Gasteiger charge is 2.36. The van der Waals surface area contributed by atoms with E-state index >= 15 is 0 Å². The summed E-state index contributed by atoms with van der Waals surface area (Å²) in [5.74, 6) is 0. The van der Waals surface area contributed by atoms with Gasteiger partial charge in [0.05, 0.1) is 0 Å². The summed E-state index contributed by atoms with van der Waals surface area (Å²) in [4.78, 5) is 4.21. The minimum absolute atomic E-state index is 0.361. The summed E-state index contributed by atoms with van der Waals surface area (Å²) in [6.45, 7) is 5.97. The third-order valence-electron chi connectivity index (χ3n) is 4.01. The van der Waals surface area contributed by atoms with Gasteiger partial charge in [-0.1, -0.05) is 6.07 Å². The summed E-state index contributed by atoms with van der Waals surface area (Å²) in [5.41, 5.74) is 0.361. The molecule has 94 valence electrons. The summed E-state index contributed by atoms with van der Waals surface area (Å²) >= 11 is 1.89. The zero-order valence-electron chi connectivity index (χ0n) is 10.6. The fourth-order valence-corrected chi connectivity index (χ4v) is 3.63. The first-order valence-electron chi connectivity index (χ1n) is 6.77. The summed E-state index contributed by atoms with van der Waals surface area (Å²) < 4.78 is 0. The predicted molar refractivity (Wildman–Crippen MR) is 73.4 cm³/mol. The quantitative estimate of drug-likeness (QED) is 0.864. The van der Waals surface area contributed by atoms with Crippen molar-refractivity contribution in [1.29, 1.82) is 0 Å². The molecule has 1 aromatic heterocycles. The minimum Gasteiger partial charge on any atom is -0.310 e. The van der Waals surface area contributed by atoms with E-state index in [0.29, 0.717) is 5.54 Å². The van der Waals surface area contributed by atoms with Crippen LogP contribution in [0.3, 0.4) is 0 Å². The molecule has 0 amide bonds. The SMILES string of the molecule is CC1(CN(Cc2cccs2)C2CC2)CCCN1. The zero-order chi connectivity index (χ0) is 11.7. The smallest absolute Gasteiger partial charge is 0.0331 e. The number of nitrogens with one attached hydrogen (secondary N) is 1. The molecule has 1 N–H and O–H groups in total. The second-order valence-corrected chi connectivity index (χ2v) is 6.84. The molecule has 1 saturated heterocycles. The molecule has 0 bridgehead atoms. The Morgan fingerprint density at radius 2 is 2.41 bits per heavy atom. The predicted octanol–water partition coefficient (Wildman–Crippen LogP) is 2.85. The maximum absolute atomic E-state index is 3.69. The maximum atomic E-state index is 3.69. The largest absolute Gasteiger partial charge is 0.310 e. The molecule has 1 atom stereocenters. The van der Waals surface area contributed by atoms with E-state index in [1.165, 1.54) is 43.6 Å². The molecule has 2 heterocycles. The number of rotatable bonds is 5. The molecule has 17 heavy (non-hydrogen) atoms. The zero-order valence-corrected chi connectivity index (χ0v) is 11.4. The summed E-state index contributed by atoms with van der Waals surface area (Å²) in [6.07, 6.45) is 5.48. The fraction of sp³-hybridized carbons (Fsp3) is 0.714. The maximum Gasteiger partial charge on any atom is 0.0331 e. The van der Waals surface area contributed by atoms with E-state index in [-0.39, 0.29) is 0 Å².